The van der Waals surface area contributed by atoms with Crippen LogP contribution in [0.5, 0.6) is 0 Å². The highest BCUT2D eigenvalue weighted by Gasteiger charge is 2.38. The lowest BCUT2D eigenvalue weighted by Crippen LogP contribution is -2.40. The number of ether oxygens (including phenoxy) is 3. The highest BCUT2D eigenvalue weighted by Crippen LogP contribution is 2.29. The molecular formula is C15H19FN2O4. The van der Waals surface area contributed by atoms with Gasteiger partial charge in [-0.15, -0.1) is 0 Å². The van der Waals surface area contributed by atoms with Gasteiger partial charge in [0.2, 0.25) is 5.91 Å². The quantitative estimate of drug-likeness (QED) is 0.639. The van der Waals surface area contributed by atoms with Gasteiger partial charge in [0.05, 0.1) is 26.7 Å². The fourth-order valence-corrected chi connectivity index (χ4v) is 2.28. The molecule has 6 nitrogen and oxygen atoms in total. The van der Waals surface area contributed by atoms with Crippen molar-refractivity contribution >= 4 is 11.9 Å². The molecule has 0 bridgehead atoms. The first-order valence-electron chi connectivity index (χ1n) is 6.98. The Bertz CT molecular complexity index is 527. The van der Waals surface area contributed by atoms with Gasteiger partial charge in [0, 0.05) is 6.42 Å². The largest absolute Gasteiger partial charge is 0.468 e. The van der Waals surface area contributed by atoms with Crippen LogP contribution in [0, 0.1) is 11.2 Å². The second-order valence-electron chi connectivity index (χ2n) is 4.99. The van der Waals surface area contributed by atoms with E-state index >= 15 is 0 Å². The van der Waals surface area contributed by atoms with E-state index in [1.54, 1.807) is 12.1 Å². The van der Waals surface area contributed by atoms with Crippen molar-refractivity contribution in [2.24, 2.45) is 0 Å². The van der Waals surface area contributed by atoms with Crippen LogP contribution in [-0.4, -0.2) is 38.0 Å². The molecule has 0 saturated carbocycles. The van der Waals surface area contributed by atoms with Crippen molar-refractivity contribution in [1.82, 2.24) is 5.32 Å². The van der Waals surface area contributed by atoms with Gasteiger partial charge in [-0.25, -0.2) is 4.39 Å². The number of hydrogen-bond acceptors (Lipinski definition) is 5. The number of methoxy groups -OCH3 is 1. The second-order valence-corrected chi connectivity index (χ2v) is 4.99. The van der Waals surface area contributed by atoms with E-state index in [-0.39, 0.29) is 18.3 Å². The molecule has 1 aromatic rings. The van der Waals surface area contributed by atoms with Crippen molar-refractivity contribution in [2.75, 3.05) is 20.3 Å². The van der Waals surface area contributed by atoms with Crippen molar-refractivity contribution in [3.63, 3.8) is 0 Å². The topological polar surface area (TPSA) is 80.6 Å². The van der Waals surface area contributed by atoms with Crippen LogP contribution in [0.4, 0.5) is 4.39 Å². The van der Waals surface area contributed by atoms with Crippen LogP contribution in [0.3, 0.4) is 0 Å². The van der Waals surface area contributed by atoms with Crippen molar-refractivity contribution in [3.8, 4) is 0 Å². The molecule has 1 aliphatic heterocycles. The number of amides is 1. The predicted octanol–water partition coefficient (Wildman–Crippen LogP) is 1.59. The number of carbonyl (C=O) groups is 1. The minimum Gasteiger partial charge on any atom is -0.468 e. The van der Waals surface area contributed by atoms with Crippen LogP contribution in [-0.2, 0) is 25.4 Å². The summed E-state index contributed by atoms with van der Waals surface area (Å²) in [6.07, 6.45) is 1.03. The monoisotopic (exact) mass is 310 g/mol. The summed E-state index contributed by atoms with van der Waals surface area (Å²) in [5.41, 5.74) is 0.935. The second kappa shape index (κ2) is 7.33. The number of amidine groups is 1. The molecular weight excluding hydrogens is 291 g/mol. The van der Waals surface area contributed by atoms with Crippen LogP contribution >= 0.6 is 0 Å². The highest BCUT2D eigenvalue weighted by atomic mass is 19.1. The number of halogens is 1. The lowest BCUT2D eigenvalue weighted by molar-refractivity contribution is -0.172. The molecule has 7 heteroatoms. The summed E-state index contributed by atoms with van der Waals surface area (Å²) in [5, 5.41) is 9.59. The number of aryl methyl sites for hydroxylation is 1. The minimum atomic E-state index is -1.01. The van der Waals surface area contributed by atoms with Gasteiger partial charge in [0.1, 0.15) is 5.82 Å². The molecule has 2 rings (SSSR count). The van der Waals surface area contributed by atoms with Gasteiger partial charge >= 0.3 is 0 Å². The van der Waals surface area contributed by atoms with Gasteiger partial charge in [0.15, 0.2) is 5.79 Å². The third kappa shape index (κ3) is 4.51. The Labute approximate surface area is 128 Å². The molecule has 1 aliphatic rings. The lowest BCUT2D eigenvalue weighted by atomic mass is 10.0. The Kier molecular flexibility index (Phi) is 5.46. The van der Waals surface area contributed by atoms with Crippen LogP contribution in [0.1, 0.15) is 18.4 Å². The van der Waals surface area contributed by atoms with E-state index < -0.39 is 11.7 Å². The van der Waals surface area contributed by atoms with Crippen molar-refractivity contribution in [3.05, 3.63) is 35.6 Å². The first-order chi connectivity index (χ1) is 10.5. The maximum absolute atomic E-state index is 12.9. The number of carbonyl (C=O) groups excluding carboxylic acids is 1. The van der Waals surface area contributed by atoms with E-state index in [1.165, 1.54) is 19.2 Å². The smallest absolute Gasteiger partial charge is 0.288 e. The van der Waals surface area contributed by atoms with Gasteiger partial charge in [-0.3, -0.25) is 15.5 Å². The SMILES string of the molecule is COC(=N)NC(=O)CC1(CCc2ccc(F)cc2)OCCO1. The molecule has 0 aromatic heterocycles. The first kappa shape index (κ1) is 16.4. The standard InChI is InChI=1S/C15H19FN2O4/c1-20-14(17)18-13(19)10-15(21-8-9-22-15)7-6-11-2-4-12(16)5-3-11/h2-5H,6-10H2,1H3,(H2,17,18,19). The average molecular weight is 310 g/mol. The summed E-state index contributed by atoms with van der Waals surface area (Å²) in [4.78, 5) is 11.9. The molecule has 0 unspecified atom stereocenters. The molecule has 1 saturated heterocycles. The highest BCUT2D eigenvalue weighted by molar-refractivity contribution is 5.93. The van der Waals surface area contributed by atoms with Crippen LogP contribution < -0.4 is 5.32 Å². The first-order valence-corrected chi connectivity index (χ1v) is 6.98. The number of benzene rings is 1. The molecule has 1 heterocycles. The van der Waals surface area contributed by atoms with Crippen LogP contribution in [0.15, 0.2) is 24.3 Å². The van der Waals surface area contributed by atoms with Crippen molar-refractivity contribution < 1.29 is 23.4 Å². The Morgan fingerprint density at radius 1 is 1.36 bits per heavy atom. The molecule has 0 aliphatic carbocycles. The molecule has 1 aromatic carbocycles. The maximum atomic E-state index is 12.9. The lowest BCUT2D eigenvalue weighted by Gasteiger charge is -2.26. The van der Waals surface area contributed by atoms with Gasteiger partial charge in [-0.2, -0.15) is 0 Å². The Hall–Kier alpha value is -1.99. The fraction of sp³-hybridized carbons (Fsp3) is 0.467. The molecule has 1 fully saturated rings. The number of rotatable bonds is 5. The van der Waals surface area contributed by atoms with E-state index in [2.05, 4.69) is 10.1 Å². The minimum absolute atomic E-state index is 0.0278. The van der Waals surface area contributed by atoms with E-state index in [1.807, 2.05) is 0 Å². The van der Waals surface area contributed by atoms with Gasteiger partial charge < -0.3 is 14.2 Å². The van der Waals surface area contributed by atoms with E-state index in [0.717, 1.165) is 5.56 Å². The number of nitrogens with one attached hydrogen (secondary N) is 2. The number of hydrogen-bond donors (Lipinski definition) is 2. The Morgan fingerprint density at radius 3 is 2.59 bits per heavy atom. The molecule has 0 spiro atoms. The molecule has 2 N–H and O–H groups in total. The zero-order valence-electron chi connectivity index (χ0n) is 12.4. The van der Waals surface area contributed by atoms with Crippen molar-refractivity contribution in [2.45, 2.75) is 25.0 Å². The van der Waals surface area contributed by atoms with E-state index in [4.69, 9.17) is 14.9 Å². The molecule has 0 radical (unpaired) electrons. The third-order valence-electron chi connectivity index (χ3n) is 3.41. The maximum Gasteiger partial charge on any atom is 0.288 e. The zero-order chi connectivity index (χ0) is 16.0. The summed E-state index contributed by atoms with van der Waals surface area (Å²) in [7, 11) is 1.30. The predicted molar refractivity (Wildman–Crippen MR) is 76.9 cm³/mol. The summed E-state index contributed by atoms with van der Waals surface area (Å²) in [5.74, 6) is -1.70. The summed E-state index contributed by atoms with van der Waals surface area (Å²) < 4.78 is 28.7. The summed E-state index contributed by atoms with van der Waals surface area (Å²) in [6, 6.07) is 5.85. The Balaban J connectivity index is 1.94. The molecule has 0 atom stereocenters. The summed E-state index contributed by atoms with van der Waals surface area (Å²) >= 11 is 0. The molecule has 22 heavy (non-hydrogen) atoms. The van der Waals surface area contributed by atoms with E-state index in [9.17, 15) is 9.18 Å². The molecule has 120 valence electrons. The normalized spacial score (nSPS) is 16.3. The molecule has 1 amide bonds. The Morgan fingerprint density at radius 2 is 2.00 bits per heavy atom. The van der Waals surface area contributed by atoms with Crippen molar-refractivity contribution in [1.29, 1.82) is 5.41 Å². The van der Waals surface area contributed by atoms with Gasteiger partial charge in [-0.1, -0.05) is 12.1 Å². The van der Waals surface area contributed by atoms with Gasteiger partial charge in [-0.05, 0) is 24.1 Å². The summed E-state index contributed by atoms with van der Waals surface area (Å²) in [6.45, 7) is 0.830. The third-order valence-corrected chi connectivity index (χ3v) is 3.41. The van der Waals surface area contributed by atoms with Crippen LogP contribution in [0.25, 0.3) is 0 Å². The van der Waals surface area contributed by atoms with Gasteiger partial charge in [0.25, 0.3) is 6.02 Å². The average Bonchev–Trinajstić information content (AvgIpc) is 2.95. The zero-order valence-corrected chi connectivity index (χ0v) is 12.4. The van der Waals surface area contributed by atoms with E-state index in [0.29, 0.717) is 26.1 Å². The fourth-order valence-electron chi connectivity index (χ4n) is 2.28. The van der Waals surface area contributed by atoms with Crippen LogP contribution in [0.2, 0.25) is 0 Å².